The average Bonchev–Trinajstić information content (AvgIpc) is 2.99. The van der Waals surface area contributed by atoms with Gasteiger partial charge in [0.15, 0.2) is 0 Å². The summed E-state index contributed by atoms with van der Waals surface area (Å²) in [6, 6.07) is 0. The standard InChI is InChI=1S/C19H25ClN4O4/c1-6-27-17(26)16-22-13(15-12(2)10-21-18(20)23-15)11-24(16)9-7-8-14(25)28-19(3,4)5/h10-11H,6-9H2,1-5H3. The van der Waals surface area contributed by atoms with Crippen molar-refractivity contribution in [2.45, 2.75) is 59.6 Å². The van der Waals surface area contributed by atoms with Crippen LogP contribution in [0, 0.1) is 6.92 Å². The van der Waals surface area contributed by atoms with E-state index in [1.807, 2.05) is 27.7 Å². The van der Waals surface area contributed by atoms with E-state index in [9.17, 15) is 9.59 Å². The maximum atomic E-state index is 12.3. The van der Waals surface area contributed by atoms with Crippen LogP contribution in [0.5, 0.6) is 0 Å². The predicted molar refractivity (Wildman–Crippen MR) is 104 cm³/mol. The molecule has 0 unspecified atom stereocenters. The third-order valence-corrected chi connectivity index (χ3v) is 3.80. The minimum atomic E-state index is -0.538. The maximum absolute atomic E-state index is 12.3. The van der Waals surface area contributed by atoms with Gasteiger partial charge in [0, 0.05) is 25.4 Å². The molecule has 8 nitrogen and oxygen atoms in total. The summed E-state index contributed by atoms with van der Waals surface area (Å²) in [7, 11) is 0. The molecule has 0 aliphatic rings. The van der Waals surface area contributed by atoms with Gasteiger partial charge in [-0.1, -0.05) is 0 Å². The molecule has 28 heavy (non-hydrogen) atoms. The number of aryl methyl sites for hydroxylation is 2. The molecule has 0 saturated carbocycles. The number of carbonyl (C=O) groups excluding carboxylic acids is 2. The van der Waals surface area contributed by atoms with Gasteiger partial charge in [-0.3, -0.25) is 4.79 Å². The lowest BCUT2D eigenvalue weighted by Crippen LogP contribution is -2.24. The van der Waals surface area contributed by atoms with Crippen molar-refractivity contribution in [3.8, 4) is 11.4 Å². The number of aromatic nitrogens is 4. The van der Waals surface area contributed by atoms with Gasteiger partial charge in [-0.05, 0) is 58.2 Å². The Morgan fingerprint density at radius 1 is 1.25 bits per heavy atom. The highest BCUT2D eigenvalue weighted by atomic mass is 35.5. The van der Waals surface area contributed by atoms with E-state index < -0.39 is 11.6 Å². The van der Waals surface area contributed by atoms with Crippen LogP contribution in [0.2, 0.25) is 5.28 Å². The first-order valence-electron chi connectivity index (χ1n) is 9.06. The van der Waals surface area contributed by atoms with E-state index >= 15 is 0 Å². The van der Waals surface area contributed by atoms with E-state index in [2.05, 4.69) is 15.0 Å². The number of ether oxygens (including phenoxy) is 2. The molecule has 0 atom stereocenters. The van der Waals surface area contributed by atoms with Crippen LogP contribution in [-0.4, -0.2) is 43.7 Å². The van der Waals surface area contributed by atoms with Gasteiger partial charge >= 0.3 is 11.9 Å². The van der Waals surface area contributed by atoms with E-state index in [-0.39, 0.29) is 30.1 Å². The highest BCUT2D eigenvalue weighted by Crippen LogP contribution is 2.22. The average molecular weight is 409 g/mol. The predicted octanol–water partition coefficient (Wildman–Crippen LogP) is 3.60. The zero-order chi connectivity index (χ0) is 20.9. The molecule has 0 bridgehead atoms. The first kappa shape index (κ1) is 21.8. The second-order valence-corrected chi connectivity index (χ2v) is 7.56. The number of hydrogen-bond donors (Lipinski definition) is 0. The third-order valence-electron chi connectivity index (χ3n) is 3.62. The van der Waals surface area contributed by atoms with Crippen LogP contribution in [0.1, 0.15) is 56.7 Å². The highest BCUT2D eigenvalue weighted by Gasteiger charge is 2.21. The summed E-state index contributed by atoms with van der Waals surface area (Å²) >= 11 is 5.90. The van der Waals surface area contributed by atoms with E-state index in [0.29, 0.717) is 24.4 Å². The molecule has 152 valence electrons. The highest BCUT2D eigenvalue weighted by molar-refractivity contribution is 6.28. The minimum Gasteiger partial charge on any atom is -0.460 e. The van der Waals surface area contributed by atoms with E-state index in [0.717, 1.165) is 5.56 Å². The SMILES string of the molecule is CCOC(=O)c1nc(-c2nc(Cl)ncc2C)cn1CCCC(=O)OC(C)(C)C. The number of esters is 2. The third kappa shape index (κ3) is 6.02. The summed E-state index contributed by atoms with van der Waals surface area (Å²) in [5.74, 6) is -0.678. The molecule has 0 spiro atoms. The molecular formula is C19H25ClN4O4. The van der Waals surface area contributed by atoms with E-state index in [1.165, 1.54) is 0 Å². The second-order valence-electron chi connectivity index (χ2n) is 7.22. The van der Waals surface area contributed by atoms with Crippen molar-refractivity contribution < 1.29 is 19.1 Å². The van der Waals surface area contributed by atoms with Gasteiger partial charge in [-0.2, -0.15) is 0 Å². The zero-order valence-electron chi connectivity index (χ0n) is 16.8. The summed E-state index contributed by atoms with van der Waals surface area (Å²) in [4.78, 5) is 36.7. The summed E-state index contributed by atoms with van der Waals surface area (Å²) in [6.45, 7) is 9.65. The quantitative estimate of drug-likeness (QED) is 0.510. The van der Waals surface area contributed by atoms with Crippen LogP contribution in [0.25, 0.3) is 11.4 Å². The van der Waals surface area contributed by atoms with E-state index in [4.69, 9.17) is 21.1 Å². The molecule has 2 aromatic heterocycles. The van der Waals surface area contributed by atoms with Gasteiger partial charge in [0.25, 0.3) is 0 Å². The number of nitrogens with zero attached hydrogens (tertiary/aromatic N) is 4. The maximum Gasteiger partial charge on any atom is 0.374 e. The Bertz CT molecular complexity index is 858. The summed E-state index contributed by atoms with van der Waals surface area (Å²) < 4.78 is 12.1. The lowest BCUT2D eigenvalue weighted by Gasteiger charge is -2.19. The lowest BCUT2D eigenvalue weighted by molar-refractivity contribution is -0.154. The molecule has 0 saturated heterocycles. The van der Waals surface area contributed by atoms with Crippen molar-refractivity contribution in [1.29, 1.82) is 0 Å². The van der Waals surface area contributed by atoms with Crippen LogP contribution < -0.4 is 0 Å². The Kier molecular flexibility index (Phi) is 7.12. The minimum absolute atomic E-state index is 0.0951. The number of imidazole rings is 1. The normalized spacial score (nSPS) is 11.4. The Morgan fingerprint density at radius 3 is 2.61 bits per heavy atom. The molecule has 0 aliphatic carbocycles. The monoisotopic (exact) mass is 408 g/mol. The summed E-state index contributed by atoms with van der Waals surface area (Å²) in [5.41, 5.74) is 1.27. The number of halogens is 1. The van der Waals surface area contributed by atoms with Crippen molar-refractivity contribution >= 4 is 23.5 Å². The Labute approximate surface area is 169 Å². The summed E-state index contributed by atoms with van der Waals surface area (Å²) in [5, 5.41) is 0.0951. The smallest absolute Gasteiger partial charge is 0.374 e. The van der Waals surface area contributed by atoms with Crippen LogP contribution in [0.4, 0.5) is 0 Å². The molecule has 9 heteroatoms. The number of hydrogen-bond acceptors (Lipinski definition) is 7. The van der Waals surface area contributed by atoms with Crippen LogP contribution in [0.15, 0.2) is 12.4 Å². The number of carbonyl (C=O) groups is 2. The second kappa shape index (κ2) is 9.14. The van der Waals surface area contributed by atoms with Gasteiger partial charge < -0.3 is 14.0 Å². The molecule has 0 N–H and O–H groups in total. The first-order chi connectivity index (χ1) is 13.1. The molecule has 0 radical (unpaired) electrons. The topological polar surface area (TPSA) is 96.2 Å². The summed E-state index contributed by atoms with van der Waals surface area (Å²) in [6.07, 6.45) is 4.01. The fourth-order valence-electron chi connectivity index (χ4n) is 2.53. The van der Waals surface area contributed by atoms with Crippen LogP contribution >= 0.6 is 11.6 Å². The Hall–Kier alpha value is -2.48. The van der Waals surface area contributed by atoms with Crippen molar-refractivity contribution in [2.75, 3.05) is 6.61 Å². The van der Waals surface area contributed by atoms with Crippen molar-refractivity contribution in [2.24, 2.45) is 0 Å². The van der Waals surface area contributed by atoms with Gasteiger partial charge in [-0.15, -0.1) is 0 Å². The first-order valence-corrected chi connectivity index (χ1v) is 9.44. The Balaban J connectivity index is 2.22. The van der Waals surface area contributed by atoms with Gasteiger partial charge in [-0.25, -0.2) is 19.7 Å². The van der Waals surface area contributed by atoms with Crippen LogP contribution in [-0.2, 0) is 20.8 Å². The lowest BCUT2D eigenvalue weighted by atomic mass is 10.2. The molecule has 0 aliphatic heterocycles. The molecule has 2 heterocycles. The molecule has 2 aromatic rings. The largest absolute Gasteiger partial charge is 0.460 e. The van der Waals surface area contributed by atoms with Gasteiger partial charge in [0.2, 0.25) is 11.1 Å². The van der Waals surface area contributed by atoms with E-state index in [1.54, 1.807) is 23.9 Å². The van der Waals surface area contributed by atoms with Crippen molar-refractivity contribution in [1.82, 2.24) is 19.5 Å². The van der Waals surface area contributed by atoms with Gasteiger partial charge in [0.1, 0.15) is 11.3 Å². The Morgan fingerprint density at radius 2 is 1.96 bits per heavy atom. The number of rotatable bonds is 7. The van der Waals surface area contributed by atoms with Crippen LogP contribution in [0.3, 0.4) is 0 Å². The molecular weight excluding hydrogens is 384 g/mol. The van der Waals surface area contributed by atoms with Crippen molar-refractivity contribution in [3.63, 3.8) is 0 Å². The molecule has 2 rings (SSSR count). The zero-order valence-corrected chi connectivity index (χ0v) is 17.5. The van der Waals surface area contributed by atoms with Gasteiger partial charge in [0.05, 0.1) is 12.3 Å². The fourth-order valence-corrected chi connectivity index (χ4v) is 2.66. The van der Waals surface area contributed by atoms with Crippen molar-refractivity contribution in [3.05, 3.63) is 29.1 Å². The molecule has 0 fully saturated rings. The fraction of sp³-hybridized carbons (Fsp3) is 0.526. The molecule has 0 amide bonds. The molecule has 0 aromatic carbocycles.